The number of carbonyl (C=O) groups excluding carboxylic acids is 1. The van der Waals surface area contributed by atoms with E-state index in [9.17, 15) is 9.18 Å². The predicted octanol–water partition coefficient (Wildman–Crippen LogP) is 4.14. The van der Waals surface area contributed by atoms with Crippen molar-refractivity contribution in [1.29, 1.82) is 0 Å². The molecule has 0 bridgehead atoms. The molecule has 1 amide bonds. The molecule has 2 heterocycles. The van der Waals surface area contributed by atoms with E-state index in [0.717, 1.165) is 4.90 Å². The maximum atomic E-state index is 13.2. The first-order valence-corrected chi connectivity index (χ1v) is 10.3. The van der Waals surface area contributed by atoms with Crippen LogP contribution in [0.2, 0.25) is 0 Å². The summed E-state index contributed by atoms with van der Waals surface area (Å²) in [6.45, 7) is 3.60. The lowest BCUT2D eigenvalue weighted by molar-refractivity contribution is 0.0968. The van der Waals surface area contributed by atoms with Gasteiger partial charge < -0.3 is 5.32 Å². The van der Waals surface area contributed by atoms with Gasteiger partial charge in [-0.15, -0.1) is 0 Å². The number of benzene rings is 1. The number of nitrogens with one attached hydrogen (secondary N) is 2. The molecule has 3 rings (SSSR count). The van der Waals surface area contributed by atoms with Crippen LogP contribution < -0.4 is 5.32 Å². The zero-order chi connectivity index (χ0) is 21.3. The van der Waals surface area contributed by atoms with E-state index in [2.05, 4.69) is 37.1 Å². The first kappa shape index (κ1) is 21.5. The molecule has 3 aromatic rings. The summed E-state index contributed by atoms with van der Waals surface area (Å²) in [5.74, 6) is -0.381. The molecule has 0 aliphatic heterocycles. The highest BCUT2D eigenvalue weighted by Crippen LogP contribution is 2.32. The van der Waals surface area contributed by atoms with E-state index in [1.54, 1.807) is 49.5 Å². The van der Waals surface area contributed by atoms with Crippen molar-refractivity contribution in [1.82, 2.24) is 25.5 Å². The third-order valence-electron chi connectivity index (χ3n) is 3.56. The number of carbonyl (C=O) groups is 1. The lowest BCUT2D eigenvalue weighted by atomic mass is 10.3. The molecule has 0 saturated heterocycles. The van der Waals surface area contributed by atoms with Gasteiger partial charge in [0.1, 0.15) is 28.7 Å². The summed E-state index contributed by atoms with van der Waals surface area (Å²) in [5, 5.41) is 10.4. The number of hydrogen-bond donors (Lipinski definition) is 2. The second kappa shape index (κ2) is 10.5. The molecule has 0 radical (unpaired) electrons. The van der Waals surface area contributed by atoms with Crippen LogP contribution in [0, 0.1) is 5.82 Å². The molecule has 0 atom stereocenters. The zero-order valence-electron chi connectivity index (χ0n) is 15.9. The fourth-order valence-electron chi connectivity index (χ4n) is 2.21. The van der Waals surface area contributed by atoms with Crippen molar-refractivity contribution in [3.05, 3.63) is 79.0 Å². The second-order valence-electron chi connectivity index (χ2n) is 5.60. The third-order valence-corrected chi connectivity index (χ3v) is 5.44. The minimum atomic E-state index is -0.422. The quantitative estimate of drug-likeness (QED) is 0.326. The summed E-state index contributed by atoms with van der Waals surface area (Å²) >= 11 is 2.56. The first-order chi connectivity index (χ1) is 14.6. The summed E-state index contributed by atoms with van der Waals surface area (Å²) in [4.78, 5) is 27.0. The van der Waals surface area contributed by atoms with Gasteiger partial charge >= 0.3 is 0 Å². The number of hydrogen-bond acceptors (Lipinski definition) is 7. The van der Waals surface area contributed by atoms with Gasteiger partial charge in [-0.05, 0) is 54.2 Å². The van der Waals surface area contributed by atoms with E-state index in [-0.39, 0.29) is 11.5 Å². The fourth-order valence-corrected chi connectivity index (χ4v) is 3.78. The molecule has 0 aliphatic carbocycles. The van der Waals surface area contributed by atoms with E-state index in [0.29, 0.717) is 20.9 Å². The molecule has 10 heteroatoms. The molecule has 1 aromatic carbocycles. The van der Waals surface area contributed by atoms with Gasteiger partial charge in [-0.1, -0.05) is 30.5 Å². The van der Waals surface area contributed by atoms with Crippen molar-refractivity contribution in [2.45, 2.75) is 20.0 Å². The Bertz CT molecular complexity index is 1080. The number of H-pyrrole nitrogens is 1. The van der Waals surface area contributed by atoms with Gasteiger partial charge in [0.25, 0.3) is 5.91 Å². The highest BCUT2D eigenvalue weighted by Gasteiger charge is 2.17. The molecule has 2 aromatic heterocycles. The first-order valence-electron chi connectivity index (χ1n) is 8.64. The molecule has 0 saturated carbocycles. The van der Waals surface area contributed by atoms with Gasteiger partial charge in [-0.3, -0.25) is 14.9 Å². The van der Waals surface area contributed by atoms with Crippen LogP contribution in [0.4, 0.5) is 4.39 Å². The maximum Gasteiger partial charge on any atom is 0.276 e. The highest BCUT2D eigenvalue weighted by atomic mass is 32.2. The van der Waals surface area contributed by atoms with Gasteiger partial charge in [0.15, 0.2) is 5.16 Å². The summed E-state index contributed by atoms with van der Waals surface area (Å²) in [6, 6.07) is 9.59. The standard InChI is InChI=1S/C20H17FN6OS2/c1-3-4-5-16(22-2)25-19(28)18-15(29-14-8-6-13(21)7-9-14)10-11-17(26-18)30-20-23-12-24-27-20/h3-12H,1H2,2H3,(H,22,25,28)(H,23,24,27)/b5-4-. The third kappa shape index (κ3) is 5.88. The Morgan fingerprint density at radius 3 is 2.70 bits per heavy atom. The Balaban J connectivity index is 1.92. The molecular formula is C20H17FN6OS2. The molecule has 0 aliphatic rings. The number of amides is 1. The number of aromatic nitrogens is 4. The van der Waals surface area contributed by atoms with Crippen LogP contribution in [0.5, 0.6) is 0 Å². The van der Waals surface area contributed by atoms with Crippen molar-refractivity contribution in [2.75, 3.05) is 7.05 Å². The summed E-state index contributed by atoms with van der Waals surface area (Å²) in [7, 11) is 1.57. The Hall–Kier alpha value is -3.24. The lowest BCUT2D eigenvalue weighted by Crippen LogP contribution is -2.30. The van der Waals surface area contributed by atoms with Crippen LogP contribution >= 0.6 is 23.5 Å². The Kier molecular flexibility index (Phi) is 7.52. The molecule has 2 N–H and O–H groups in total. The Labute approximate surface area is 181 Å². The molecule has 152 valence electrons. The van der Waals surface area contributed by atoms with Gasteiger partial charge in [0.05, 0.1) is 0 Å². The van der Waals surface area contributed by atoms with E-state index < -0.39 is 5.91 Å². The molecule has 0 fully saturated rings. The van der Waals surface area contributed by atoms with E-state index >= 15 is 0 Å². The monoisotopic (exact) mass is 440 g/mol. The molecule has 0 unspecified atom stereocenters. The average molecular weight is 441 g/mol. The van der Waals surface area contributed by atoms with Crippen LogP contribution in [-0.2, 0) is 0 Å². The number of halogens is 1. The van der Waals surface area contributed by atoms with Crippen LogP contribution in [0.25, 0.3) is 0 Å². The lowest BCUT2D eigenvalue weighted by Gasteiger charge is -2.11. The number of allylic oxidation sites excluding steroid dienone is 2. The summed E-state index contributed by atoms with van der Waals surface area (Å²) < 4.78 is 13.2. The van der Waals surface area contributed by atoms with E-state index in [1.807, 2.05) is 0 Å². The van der Waals surface area contributed by atoms with Crippen molar-refractivity contribution in [2.24, 2.45) is 4.99 Å². The predicted molar refractivity (Wildman–Crippen MR) is 115 cm³/mol. The average Bonchev–Trinajstić information content (AvgIpc) is 3.26. The number of amidine groups is 1. The summed E-state index contributed by atoms with van der Waals surface area (Å²) in [5.41, 5.74) is 0.210. The largest absolute Gasteiger partial charge is 0.305 e. The molecule has 30 heavy (non-hydrogen) atoms. The number of nitrogens with zero attached hydrogens (tertiary/aromatic N) is 4. The number of aliphatic imine (C=N–C) groups is 1. The van der Waals surface area contributed by atoms with Crippen molar-refractivity contribution in [3.8, 4) is 0 Å². The molecule has 7 nitrogen and oxygen atoms in total. The maximum absolute atomic E-state index is 13.2. The minimum Gasteiger partial charge on any atom is -0.305 e. The van der Waals surface area contributed by atoms with Gasteiger partial charge in [-0.25, -0.2) is 14.4 Å². The van der Waals surface area contributed by atoms with Crippen LogP contribution in [-0.4, -0.2) is 39.0 Å². The Morgan fingerprint density at radius 1 is 1.23 bits per heavy atom. The van der Waals surface area contributed by atoms with Gasteiger partial charge in [0, 0.05) is 16.8 Å². The van der Waals surface area contributed by atoms with E-state index in [1.165, 1.54) is 42.0 Å². The van der Waals surface area contributed by atoms with Gasteiger partial charge in [-0.2, -0.15) is 5.10 Å². The fraction of sp³-hybridized carbons (Fsp3) is 0.0500. The smallest absolute Gasteiger partial charge is 0.276 e. The summed E-state index contributed by atoms with van der Waals surface area (Å²) in [6.07, 6.45) is 6.27. The van der Waals surface area contributed by atoms with Crippen LogP contribution in [0.15, 0.2) is 92.5 Å². The normalized spacial score (nSPS) is 11.6. The van der Waals surface area contributed by atoms with Crippen molar-refractivity contribution >= 4 is 35.3 Å². The van der Waals surface area contributed by atoms with Crippen molar-refractivity contribution in [3.63, 3.8) is 0 Å². The topological polar surface area (TPSA) is 95.9 Å². The highest BCUT2D eigenvalue weighted by molar-refractivity contribution is 7.99. The number of aromatic amines is 1. The van der Waals surface area contributed by atoms with Crippen LogP contribution in [0.3, 0.4) is 0 Å². The SMILES string of the molecule is C=C/C=C\C(=NC)NC(=O)c1nc(Sc2ncn[nH]2)ccc1Sc1ccc(F)cc1. The zero-order valence-corrected chi connectivity index (χ0v) is 17.5. The molecule has 0 spiro atoms. The number of rotatable bonds is 7. The van der Waals surface area contributed by atoms with E-state index in [4.69, 9.17) is 0 Å². The van der Waals surface area contributed by atoms with Crippen LogP contribution in [0.1, 0.15) is 10.5 Å². The number of pyridine rings is 1. The Morgan fingerprint density at radius 2 is 2.03 bits per heavy atom. The second-order valence-corrected chi connectivity index (χ2v) is 7.73. The minimum absolute atomic E-state index is 0.210. The molecular weight excluding hydrogens is 423 g/mol. The van der Waals surface area contributed by atoms with Gasteiger partial charge in [0.2, 0.25) is 0 Å². The van der Waals surface area contributed by atoms with Crippen molar-refractivity contribution < 1.29 is 9.18 Å².